The quantitative estimate of drug-likeness (QED) is 0.802. The molecule has 1 aromatic rings. The van der Waals surface area contributed by atoms with Gasteiger partial charge in [0.1, 0.15) is 5.75 Å². The van der Waals surface area contributed by atoms with E-state index in [4.69, 9.17) is 15.2 Å². The molecule has 0 saturated carbocycles. The zero-order valence-electron chi connectivity index (χ0n) is 14.7. The average Bonchev–Trinajstić information content (AvgIpc) is 2.52. The van der Waals surface area contributed by atoms with Crippen molar-refractivity contribution in [3.05, 3.63) is 29.3 Å². The van der Waals surface area contributed by atoms with E-state index in [0.29, 0.717) is 26.1 Å². The van der Waals surface area contributed by atoms with Crippen LogP contribution in [-0.2, 0) is 22.3 Å². The lowest BCUT2D eigenvalue weighted by Crippen LogP contribution is -2.56. The smallest absolute Gasteiger partial charge is 0.416 e. The van der Waals surface area contributed by atoms with E-state index in [2.05, 4.69) is 5.32 Å². The molecule has 148 valence electrons. The lowest BCUT2D eigenvalue weighted by Gasteiger charge is -2.31. The van der Waals surface area contributed by atoms with E-state index in [1.807, 2.05) is 0 Å². The fourth-order valence-corrected chi connectivity index (χ4v) is 2.63. The average molecular weight is 397 g/mol. The van der Waals surface area contributed by atoms with Crippen LogP contribution >= 0.6 is 12.4 Å². The molecule has 0 aromatic heterocycles. The number of nitrogens with one attached hydrogen (secondary N) is 1. The van der Waals surface area contributed by atoms with Crippen LogP contribution in [0.5, 0.6) is 5.75 Å². The van der Waals surface area contributed by atoms with Crippen molar-refractivity contribution in [3.8, 4) is 5.75 Å². The van der Waals surface area contributed by atoms with E-state index < -0.39 is 23.2 Å². The highest BCUT2D eigenvalue weighted by Gasteiger charge is 2.37. The molecule has 0 unspecified atom stereocenters. The molecule has 1 saturated heterocycles. The number of carbonyl (C=O) groups excluding carboxylic acids is 1. The summed E-state index contributed by atoms with van der Waals surface area (Å²) in [7, 11) is 0. The van der Waals surface area contributed by atoms with Crippen LogP contribution in [0, 0.1) is 0 Å². The van der Waals surface area contributed by atoms with E-state index >= 15 is 0 Å². The molecule has 5 nitrogen and oxygen atoms in total. The fourth-order valence-electron chi connectivity index (χ4n) is 2.63. The van der Waals surface area contributed by atoms with E-state index in [1.165, 1.54) is 12.1 Å². The summed E-state index contributed by atoms with van der Waals surface area (Å²) < 4.78 is 50.4. The van der Waals surface area contributed by atoms with Gasteiger partial charge in [0.05, 0.1) is 17.2 Å². The van der Waals surface area contributed by atoms with Crippen LogP contribution in [0.2, 0.25) is 0 Å². The standard InChI is InChI=1S/C17H23F3N2O3.ClH/c1-11(2)25-13-4-3-12(14(9-13)17(18,19)20)10-22-15(23)16(21)5-7-24-8-6-16;/h3-4,9,11H,5-8,10,21H2,1-2H3,(H,22,23);1H. The van der Waals surface area contributed by atoms with E-state index in [-0.39, 0.29) is 36.4 Å². The van der Waals surface area contributed by atoms with E-state index in [0.717, 1.165) is 6.07 Å². The second-order valence-corrected chi connectivity index (χ2v) is 6.43. The lowest BCUT2D eigenvalue weighted by molar-refractivity contribution is -0.139. The molecule has 1 amide bonds. The van der Waals surface area contributed by atoms with Gasteiger partial charge in [-0.1, -0.05) is 6.07 Å². The third-order valence-electron chi connectivity index (χ3n) is 4.04. The van der Waals surface area contributed by atoms with Crippen molar-refractivity contribution in [2.75, 3.05) is 13.2 Å². The predicted octanol–water partition coefficient (Wildman–Crippen LogP) is 3.04. The van der Waals surface area contributed by atoms with Gasteiger partial charge in [0, 0.05) is 19.8 Å². The molecule has 1 aliphatic rings. The summed E-state index contributed by atoms with van der Waals surface area (Å²) in [4.78, 5) is 12.3. The van der Waals surface area contributed by atoms with Gasteiger partial charge in [-0.05, 0) is 44.4 Å². The molecule has 0 radical (unpaired) electrons. The Morgan fingerprint density at radius 3 is 2.50 bits per heavy atom. The Morgan fingerprint density at radius 2 is 1.96 bits per heavy atom. The summed E-state index contributed by atoms with van der Waals surface area (Å²) in [6.07, 6.45) is -4.11. The predicted molar refractivity (Wildman–Crippen MR) is 93.3 cm³/mol. The molecule has 1 aliphatic heterocycles. The summed E-state index contributed by atoms with van der Waals surface area (Å²) in [6, 6.07) is 3.73. The van der Waals surface area contributed by atoms with Gasteiger partial charge in [0.15, 0.2) is 0 Å². The van der Waals surface area contributed by atoms with Gasteiger partial charge < -0.3 is 20.5 Å². The minimum Gasteiger partial charge on any atom is -0.491 e. The highest BCUT2D eigenvalue weighted by atomic mass is 35.5. The maximum atomic E-state index is 13.3. The van der Waals surface area contributed by atoms with Crippen molar-refractivity contribution in [1.29, 1.82) is 0 Å². The molecule has 0 bridgehead atoms. The first-order chi connectivity index (χ1) is 11.6. The Labute approximate surface area is 156 Å². The zero-order chi connectivity index (χ0) is 18.7. The first-order valence-corrected chi connectivity index (χ1v) is 8.13. The van der Waals surface area contributed by atoms with Crippen LogP contribution < -0.4 is 15.8 Å². The summed E-state index contributed by atoms with van der Waals surface area (Å²) in [5.74, 6) is -0.330. The highest BCUT2D eigenvalue weighted by molar-refractivity contribution is 5.86. The molecule has 1 heterocycles. The maximum absolute atomic E-state index is 13.3. The van der Waals surface area contributed by atoms with Crippen LogP contribution in [-0.4, -0.2) is 30.8 Å². The van der Waals surface area contributed by atoms with Gasteiger partial charge >= 0.3 is 6.18 Å². The van der Waals surface area contributed by atoms with Gasteiger partial charge in [-0.2, -0.15) is 13.2 Å². The van der Waals surface area contributed by atoms with Crippen molar-refractivity contribution < 1.29 is 27.4 Å². The maximum Gasteiger partial charge on any atom is 0.416 e. The summed E-state index contributed by atoms with van der Waals surface area (Å²) in [6.45, 7) is 3.93. The van der Waals surface area contributed by atoms with Crippen molar-refractivity contribution in [1.82, 2.24) is 5.32 Å². The molecule has 2 rings (SSSR count). The normalized spacial score (nSPS) is 16.7. The van der Waals surface area contributed by atoms with Crippen LogP contribution in [0.15, 0.2) is 18.2 Å². The SMILES string of the molecule is CC(C)Oc1ccc(CNC(=O)C2(N)CCOCC2)c(C(F)(F)F)c1.Cl. The molecule has 1 aromatic carbocycles. The van der Waals surface area contributed by atoms with E-state index in [9.17, 15) is 18.0 Å². The summed E-state index contributed by atoms with van der Waals surface area (Å²) >= 11 is 0. The summed E-state index contributed by atoms with van der Waals surface area (Å²) in [5, 5.41) is 2.52. The third kappa shape index (κ3) is 5.75. The van der Waals surface area contributed by atoms with E-state index in [1.54, 1.807) is 13.8 Å². The second kappa shape index (κ2) is 8.92. The molecule has 0 atom stereocenters. The Hall–Kier alpha value is -1.51. The largest absolute Gasteiger partial charge is 0.491 e. The molecule has 3 N–H and O–H groups in total. The fraction of sp³-hybridized carbons (Fsp3) is 0.588. The topological polar surface area (TPSA) is 73.6 Å². The van der Waals surface area contributed by atoms with Gasteiger partial charge in [-0.3, -0.25) is 4.79 Å². The molecular formula is C17H24ClF3N2O3. The molecule has 1 fully saturated rings. The number of ether oxygens (including phenoxy) is 2. The highest BCUT2D eigenvalue weighted by Crippen LogP contribution is 2.34. The minimum atomic E-state index is -4.55. The van der Waals surface area contributed by atoms with Crippen molar-refractivity contribution in [2.24, 2.45) is 5.73 Å². The second-order valence-electron chi connectivity index (χ2n) is 6.43. The first kappa shape index (κ1) is 22.5. The van der Waals surface area contributed by atoms with Gasteiger partial charge in [-0.25, -0.2) is 0 Å². The Bertz CT molecular complexity index is 618. The van der Waals surface area contributed by atoms with Crippen LogP contribution in [0.25, 0.3) is 0 Å². The first-order valence-electron chi connectivity index (χ1n) is 8.13. The van der Waals surface area contributed by atoms with Crippen LogP contribution in [0.3, 0.4) is 0 Å². The number of halogens is 4. The zero-order valence-corrected chi connectivity index (χ0v) is 15.5. The molecule has 9 heteroatoms. The number of alkyl halides is 3. The van der Waals surface area contributed by atoms with Gasteiger partial charge in [0.25, 0.3) is 0 Å². The molecule has 0 aliphatic carbocycles. The number of rotatable bonds is 5. The number of amides is 1. The van der Waals surface area contributed by atoms with Crippen LogP contribution in [0.4, 0.5) is 13.2 Å². The van der Waals surface area contributed by atoms with Gasteiger partial charge in [-0.15, -0.1) is 12.4 Å². The third-order valence-corrected chi connectivity index (χ3v) is 4.04. The number of hydrogen-bond acceptors (Lipinski definition) is 4. The number of hydrogen-bond donors (Lipinski definition) is 2. The molecule has 26 heavy (non-hydrogen) atoms. The Balaban J connectivity index is 0.00000338. The van der Waals surface area contributed by atoms with Crippen molar-refractivity contribution in [3.63, 3.8) is 0 Å². The minimum absolute atomic E-state index is 0. The molecular weight excluding hydrogens is 373 g/mol. The number of benzene rings is 1. The monoisotopic (exact) mass is 396 g/mol. The molecule has 0 spiro atoms. The summed E-state index contributed by atoms with van der Waals surface area (Å²) in [5.41, 5.74) is 4.07. The Kier molecular flexibility index (Phi) is 7.73. The van der Waals surface area contributed by atoms with Crippen LogP contribution in [0.1, 0.15) is 37.8 Å². The van der Waals surface area contributed by atoms with Crippen molar-refractivity contribution in [2.45, 2.75) is 51.1 Å². The number of nitrogens with two attached hydrogens (primary N) is 1. The number of carbonyl (C=O) groups is 1. The van der Waals surface area contributed by atoms with Crippen molar-refractivity contribution >= 4 is 18.3 Å². The lowest BCUT2D eigenvalue weighted by atomic mass is 9.90. The Morgan fingerprint density at radius 1 is 1.35 bits per heavy atom. The van der Waals surface area contributed by atoms with Gasteiger partial charge in [0.2, 0.25) is 5.91 Å².